The van der Waals surface area contributed by atoms with Crippen molar-refractivity contribution in [3.05, 3.63) is 108 Å². The van der Waals surface area contributed by atoms with Gasteiger partial charge >= 0.3 is 0 Å². The van der Waals surface area contributed by atoms with E-state index in [-0.39, 0.29) is 12.1 Å². The van der Waals surface area contributed by atoms with E-state index in [1.165, 1.54) is 0 Å². The quantitative estimate of drug-likeness (QED) is 0.165. The summed E-state index contributed by atoms with van der Waals surface area (Å²) in [6.07, 6.45) is 3.40. The number of nitrogens with one attached hydrogen (secondary N) is 2. The lowest BCUT2D eigenvalue weighted by atomic mass is 10.1. The summed E-state index contributed by atoms with van der Waals surface area (Å²) in [5.41, 5.74) is 4.23. The molecule has 5 rings (SSSR count). The Labute approximate surface area is 252 Å². The first-order chi connectivity index (χ1) is 20.8. The maximum Gasteiger partial charge on any atom is 0.240 e. The van der Waals surface area contributed by atoms with Crippen LogP contribution in [0.15, 0.2) is 107 Å². The molecular formula is C33H35N5O4S. The minimum absolute atomic E-state index is 0.255. The standard InChI is InChI=1S/C33H35N5O4S/c1-22(24-6-12-27(40-3)13-7-24)37-43(39,38-23(2)25-8-14-28(41-4)15-9-25)29-16-10-26(11-17-29)36-31-19-21-34-32-30(31)18-20-35-33(32)42-5/h6-23H,1-5H3,(H,34,36)(H,37,38,39)/t22-,23?,43?/m1/s1. The van der Waals surface area contributed by atoms with Gasteiger partial charge in [-0.05, 0) is 85.6 Å². The summed E-state index contributed by atoms with van der Waals surface area (Å²) in [7, 11) is 1.76. The fourth-order valence-electron chi connectivity index (χ4n) is 4.72. The summed E-state index contributed by atoms with van der Waals surface area (Å²) in [6.45, 7) is 3.91. The molecular weight excluding hydrogens is 562 g/mol. The first-order valence-corrected chi connectivity index (χ1v) is 15.3. The molecule has 2 heterocycles. The van der Waals surface area contributed by atoms with Gasteiger partial charge in [-0.15, -0.1) is 0 Å². The smallest absolute Gasteiger partial charge is 0.240 e. The van der Waals surface area contributed by atoms with Gasteiger partial charge in [-0.1, -0.05) is 24.3 Å². The molecule has 3 aromatic carbocycles. The summed E-state index contributed by atoms with van der Waals surface area (Å²) in [6, 6.07) is 26.0. The van der Waals surface area contributed by atoms with Gasteiger partial charge in [0.1, 0.15) is 26.9 Å². The maximum absolute atomic E-state index is 14.7. The fraction of sp³-hybridized carbons (Fsp3) is 0.212. The van der Waals surface area contributed by atoms with Gasteiger partial charge in [0.2, 0.25) is 5.88 Å². The summed E-state index contributed by atoms with van der Waals surface area (Å²) < 4.78 is 38.9. The number of anilines is 2. The first-order valence-electron chi connectivity index (χ1n) is 13.8. The number of pyridine rings is 2. The lowest BCUT2D eigenvalue weighted by Crippen LogP contribution is -2.27. The van der Waals surface area contributed by atoms with Crippen molar-refractivity contribution >= 4 is 32.2 Å². The van der Waals surface area contributed by atoms with Gasteiger partial charge in [-0.25, -0.2) is 18.3 Å². The molecule has 222 valence electrons. The van der Waals surface area contributed by atoms with Crippen molar-refractivity contribution in [3.8, 4) is 17.4 Å². The molecule has 0 saturated carbocycles. The van der Waals surface area contributed by atoms with Crippen LogP contribution in [0.3, 0.4) is 0 Å². The zero-order chi connectivity index (χ0) is 30.4. The third-order valence-electron chi connectivity index (χ3n) is 7.13. The summed E-state index contributed by atoms with van der Waals surface area (Å²) in [4.78, 5) is 9.24. The zero-order valence-electron chi connectivity index (χ0n) is 24.8. The van der Waals surface area contributed by atoms with Crippen LogP contribution in [0.25, 0.3) is 10.9 Å². The highest BCUT2D eigenvalue weighted by Gasteiger charge is 2.20. The third-order valence-corrected chi connectivity index (χ3v) is 9.33. The Hall–Kier alpha value is -4.67. The minimum Gasteiger partial charge on any atom is -0.497 e. The molecule has 0 spiro atoms. The van der Waals surface area contributed by atoms with Crippen LogP contribution in [-0.2, 0) is 9.92 Å². The molecule has 0 radical (unpaired) electrons. The van der Waals surface area contributed by atoms with Crippen molar-refractivity contribution in [2.24, 2.45) is 4.36 Å². The second kappa shape index (κ2) is 13.1. The van der Waals surface area contributed by atoms with Crippen molar-refractivity contribution in [3.63, 3.8) is 0 Å². The molecule has 43 heavy (non-hydrogen) atoms. The van der Waals surface area contributed by atoms with E-state index in [1.807, 2.05) is 98.8 Å². The topological polar surface area (TPSA) is 107 Å². The lowest BCUT2D eigenvalue weighted by molar-refractivity contribution is 0.402. The van der Waals surface area contributed by atoms with Crippen LogP contribution in [0.1, 0.15) is 37.1 Å². The van der Waals surface area contributed by atoms with Crippen LogP contribution in [0.2, 0.25) is 0 Å². The minimum atomic E-state index is -3.08. The molecule has 2 unspecified atom stereocenters. The van der Waals surface area contributed by atoms with Gasteiger partial charge < -0.3 is 19.5 Å². The number of aromatic nitrogens is 2. The second-order valence-electron chi connectivity index (χ2n) is 9.92. The number of hydrogen-bond donors (Lipinski definition) is 2. The van der Waals surface area contributed by atoms with Gasteiger partial charge in [0.05, 0.1) is 32.3 Å². The van der Waals surface area contributed by atoms with Gasteiger partial charge in [-0.2, -0.15) is 0 Å². The molecule has 2 N–H and O–H groups in total. The molecule has 9 nitrogen and oxygen atoms in total. The molecule has 0 aliphatic heterocycles. The maximum atomic E-state index is 14.7. The number of benzene rings is 3. The Bertz CT molecular complexity index is 1800. The van der Waals surface area contributed by atoms with E-state index in [0.717, 1.165) is 39.4 Å². The summed E-state index contributed by atoms with van der Waals surface area (Å²) in [5.74, 6) is 1.97. The van der Waals surface area contributed by atoms with E-state index in [2.05, 4.69) is 20.0 Å². The van der Waals surface area contributed by atoms with E-state index in [9.17, 15) is 4.21 Å². The molecule has 0 aliphatic rings. The van der Waals surface area contributed by atoms with Crippen LogP contribution >= 0.6 is 0 Å². The Morgan fingerprint density at radius 1 is 0.721 bits per heavy atom. The van der Waals surface area contributed by atoms with Crippen molar-refractivity contribution in [2.45, 2.75) is 30.8 Å². The van der Waals surface area contributed by atoms with Gasteiger partial charge in [0, 0.05) is 35.2 Å². The number of nitrogens with zero attached hydrogens (tertiary/aromatic N) is 3. The Morgan fingerprint density at radius 3 is 1.93 bits per heavy atom. The zero-order valence-corrected chi connectivity index (χ0v) is 25.6. The van der Waals surface area contributed by atoms with Crippen LogP contribution in [-0.4, -0.2) is 35.5 Å². The number of hydrogen-bond acceptors (Lipinski definition) is 8. The Balaban J connectivity index is 1.48. The largest absolute Gasteiger partial charge is 0.497 e. The van der Waals surface area contributed by atoms with Crippen molar-refractivity contribution in [1.29, 1.82) is 0 Å². The highest BCUT2D eigenvalue weighted by molar-refractivity contribution is 7.91. The lowest BCUT2D eigenvalue weighted by Gasteiger charge is -2.21. The van der Waals surface area contributed by atoms with E-state index in [1.54, 1.807) is 33.7 Å². The van der Waals surface area contributed by atoms with Crippen molar-refractivity contribution in [2.75, 3.05) is 26.6 Å². The van der Waals surface area contributed by atoms with E-state index < -0.39 is 9.92 Å². The van der Waals surface area contributed by atoms with Gasteiger partial charge in [0.15, 0.2) is 0 Å². The summed E-state index contributed by atoms with van der Waals surface area (Å²) in [5, 5.41) is 4.32. The van der Waals surface area contributed by atoms with Crippen molar-refractivity contribution in [1.82, 2.24) is 14.7 Å². The number of fused-ring (bicyclic) bond motifs is 1. The predicted octanol–water partition coefficient (Wildman–Crippen LogP) is 7.25. The molecule has 0 fully saturated rings. The number of rotatable bonds is 11. The van der Waals surface area contributed by atoms with Gasteiger partial charge in [-0.3, -0.25) is 4.98 Å². The van der Waals surface area contributed by atoms with Crippen LogP contribution in [0.4, 0.5) is 11.4 Å². The van der Waals surface area contributed by atoms with E-state index in [0.29, 0.717) is 16.3 Å². The average molecular weight is 598 g/mol. The van der Waals surface area contributed by atoms with E-state index >= 15 is 0 Å². The average Bonchev–Trinajstić information content (AvgIpc) is 3.05. The number of methoxy groups -OCH3 is 3. The van der Waals surface area contributed by atoms with Crippen LogP contribution < -0.4 is 24.2 Å². The van der Waals surface area contributed by atoms with Crippen molar-refractivity contribution < 1.29 is 18.4 Å². The summed E-state index contributed by atoms with van der Waals surface area (Å²) >= 11 is 0. The molecule has 0 amide bonds. The molecule has 10 heteroatoms. The monoisotopic (exact) mass is 597 g/mol. The predicted molar refractivity (Wildman–Crippen MR) is 171 cm³/mol. The highest BCUT2D eigenvalue weighted by atomic mass is 32.2. The Kier molecular flexibility index (Phi) is 9.08. The molecule has 0 aliphatic carbocycles. The molecule has 5 aromatic rings. The number of ether oxygens (including phenoxy) is 3. The van der Waals surface area contributed by atoms with Crippen LogP contribution in [0, 0.1) is 0 Å². The molecule has 2 aromatic heterocycles. The molecule has 3 atom stereocenters. The third kappa shape index (κ3) is 6.71. The Morgan fingerprint density at radius 2 is 1.33 bits per heavy atom. The fourth-order valence-corrected chi connectivity index (χ4v) is 6.72. The second-order valence-corrected chi connectivity index (χ2v) is 11.9. The highest BCUT2D eigenvalue weighted by Crippen LogP contribution is 2.31. The van der Waals surface area contributed by atoms with E-state index in [4.69, 9.17) is 18.6 Å². The first kappa shape index (κ1) is 29.8. The molecule has 0 bridgehead atoms. The normalized spacial score (nSPS) is 13.9. The van der Waals surface area contributed by atoms with Crippen LogP contribution in [0.5, 0.6) is 17.4 Å². The molecule has 0 saturated heterocycles. The SMILES string of the molecule is COc1ccc(C(C)N=S(=O)(N[C@H](C)c2ccc(OC)cc2)c2ccc(Nc3ccnc4c(OC)nccc34)cc2)cc1. The van der Waals surface area contributed by atoms with Gasteiger partial charge in [0.25, 0.3) is 0 Å².